The number of aromatic amines is 1. The first-order valence-corrected chi connectivity index (χ1v) is 11.3. The molecule has 0 bridgehead atoms. The van der Waals surface area contributed by atoms with Gasteiger partial charge in [-0.2, -0.15) is 8.78 Å². The number of rotatable bonds is 10. The van der Waals surface area contributed by atoms with Crippen LogP contribution >= 0.6 is 0 Å². The average Bonchev–Trinajstić information content (AvgIpc) is 3.15. The second-order valence-electron chi connectivity index (χ2n) is 8.86. The maximum Gasteiger partial charge on any atom is 0.407 e. The van der Waals surface area contributed by atoms with Gasteiger partial charge in [-0.1, -0.05) is 25.8 Å². The molecule has 2 rings (SSSR count). The molecule has 1 atom stereocenters. The number of H-pyrrole nitrogens is 1. The monoisotopic (exact) mass is 474 g/mol. The predicted molar refractivity (Wildman–Crippen MR) is 128 cm³/mol. The molecule has 0 spiro atoms. The molecule has 1 amide bonds. The van der Waals surface area contributed by atoms with E-state index in [2.05, 4.69) is 16.2 Å². The van der Waals surface area contributed by atoms with Gasteiger partial charge >= 0.3 is 12.7 Å². The van der Waals surface area contributed by atoms with Crippen LogP contribution in [0.25, 0.3) is 10.9 Å². The van der Waals surface area contributed by atoms with E-state index in [1.165, 1.54) is 6.07 Å². The van der Waals surface area contributed by atoms with E-state index in [-0.39, 0.29) is 28.7 Å². The fourth-order valence-electron chi connectivity index (χ4n) is 3.62. The van der Waals surface area contributed by atoms with Crippen molar-refractivity contribution in [3.8, 4) is 18.1 Å². The van der Waals surface area contributed by atoms with Crippen LogP contribution in [-0.4, -0.2) is 35.6 Å². The van der Waals surface area contributed by atoms with E-state index in [0.717, 1.165) is 0 Å². The standard InChI is InChI=1S/C26H32F2N2O4/c1-7-10-17(9-3)23(31)21-13-18-14-22(33-24(27)28)19(15-20(18)30-21)16(8-2)11-12-29-25(32)34-26(4,5)6/h3,10,13-16,24,30H,7-8,11-12H2,1-2,4-6H3,(H,29,32)/b17-10+. The minimum atomic E-state index is -3.01. The Morgan fingerprint density at radius 1 is 1.24 bits per heavy atom. The summed E-state index contributed by atoms with van der Waals surface area (Å²) in [5.74, 6) is 1.90. The number of alkyl carbamates (subject to hydrolysis) is 1. The molecule has 0 aliphatic carbocycles. The molecule has 184 valence electrons. The Morgan fingerprint density at radius 2 is 1.94 bits per heavy atom. The Morgan fingerprint density at radius 3 is 2.50 bits per heavy atom. The summed E-state index contributed by atoms with van der Waals surface area (Å²) >= 11 is 0. The number of ether oxygens (including phenoxy) is 2. The van der Waals surface area contributed by atoms with Crippen molar-refractivity contribution in [3.63, 3.8) is 0 Å². The van der Waals surface area contributed by atoms with E-state index in [1.807, 2.05) is 13.8 Å². The molecule has 6 nitrogen and oxygen atoms in total. The van der Waals surface area contributed by atoms with Crippen molar-refractivity contribution in [1.82, 2.24) is 10.3 Å². The topological polar surface area (TPSA) is 80.4 Å². The first kappa shape index (κ1) is 26.9. The first-order valence-electron chi connectivity index (χ1n) is 11.3. The number of terminal acetylenes is 1. The molecule has 0 aliphatic heterocycles. The highest BCUT2D eigenvalue weighted by atomic mass is 19.3. The van der Waals surface area contributed by atoms with Crippen LogP contribution in [0.3, 0.4) is 0 Å². The number of fused-ring (bicyclic) bond motifs is 1. The molecule has 1 aromatic carbocycles. The van der Waals surface area contributed by atoms with Gasteiger partial charge in [0.1, 0.15) is 11.4 Å². The van der Waals surface area contributed by atoms with E-state index < -0.39 is 18.3 Å². The van der Waals surface area contributed by atoms with Gasteiger partial charge in [0, 0.05) is 17.4 Å². The molecule has 1 heterocycles. The third-order valence-electron chi connectivity index (χ3n) is 5.11. The summed E-state index contributed by atoms with van der Waals surface area (Å²) in [6.45, 7) is 6.39. The number of benzene rings is 1. The first-order chi connectivity index (χ1) is 16.0. The van der Waals surface area contributed by atoms with Gasteiger partial charge in [-0.05, 0) is 69.7 Å². The maximum atomic E-state index is 13.2. The summed E-state index contributed by atoms with van der Waals surface area (Å²) in [6, 6.07) is 4.78. The minimum Gasteiger partial charge on any atom is -0.444 e. The van der Waals surface area contributed by atoms with Gasteiger partial charge < -0.3 is 19.8 Å². The van der Waals surface area contributed by atoms with Crippen LogP contribution in [0.1, 0.15) is 75.9 Å². The Kier molecular flexibility index (Phi) is 9.25. The summed E-state index contributed by atoms with van der Waals surface area (Å²) < 4.78 is 36.4. The number of ketones is 1. The lowest BCUT2D eigenvalue weighted by Crippen LogP contribution is -2.33. The number of hydrogen-bond acceptors (Lipinski definition) is 4. The minimum absolute atomic E-state index is 0.0332. The van der Waals surface area contributed by atoms with Crippen LogP contribution in [0.5, 0.6) is 5.75 Å². The quantitative estimate of drug-likeness (QED) is 0.240. The number of Topliss-reactive ketones (excluding diaryl/α,β-unsaturated/α-hetero) is 1. The van der Waals surface area contributed by atoms with Gasteiger partial charge in [-0.3, -0.25) is 4.79 Å². The molecule has 0 radical (unpaired) electrons. The van der Waals surface area contributed by atoms with Crippen molar-refractivity contribution in [3.05, 3.63) is 41.1 Å². The van der Waals surface area contributed by atoms with Crippen LogP contribution in [0.2, 0.25) is 0 Å². The van der Waals surface area contributed by atoms with E-state index in [4.69, 9.17) is 15.9 Å². The zero-order valence-corrected chi connectivity index (χ0v) is 20.3. The number of allylic oxidation sites excluding steroid dienone is 2. The molecule has 2 N–H and O–H groups in total. The van der Waals surface area contributed by atoms with Gasteiger partial charge in [0.05, 0.1) is 11.3 Å². The zero-order chi connectivity index (χ0) is 25.5. The van der Waals surface area contributed by atoms with Crippen molar-refractivity contribution in [1.29, 1.82) is 0 Å². The number of halogens is 2. The van der Waals surface area contributed by atoms with Gasteiger partial charge in [-0.15, -0.1) is 6.42 Å². The fraction of sp³-hybridized carbons (Fsp3) is 0.462. The molecule has 1 unspecified atom stereocenters. The average molecular weight is 475 g/mol. The summed E-state index contributed by atoms with van der Waals surface area (Å²) in [6.07, 6.45) is 8.29. The number of aromatic nitrogens is 1. The van der Waals surface area contributed by atoms with E-state index in [0.29, 0.717) is 42.3 Å². The van der Waals surface area contributed by atoms with Crippen LogP contribution in [0.15, 0.2) is 29.8 Å². The lowest BCUT2D eigenvalue weighted by molar-refractivity contribution is -0.0505. The largest absolute Gasteiger partial charge is 0.444 e. The second kappa shape index (κ2) is 11.7. The molecule has 2 aromatic rings. The van der Waals surface area contributed by atoms with Crippen molar-refractivity contribution >= 4 is 22.8 Å². The molecular weight excluding hydrogens is 442 g/mol. The highest BCUT2D eigenvalue weighted by Gasteiger charge is 2.22. The Labute approximate surface area is 199 Å². The number of amides is 1. The van der Waals surface area contributed by atoms with Crippen LogP contribution in [-0.2, 0) is 4.74 Å². The van der Waals surface area contributed by atoms with Gasteiger partial charge in [0.2, 0.25) is 5.78 Å². The third-order valence-corrected chi connectivity index (χ3v) is 5.11. The van der Waals surface area contributed by atoms with Crippen LogP contribution in [0.4, 0.5) is 13.6 Å². The lowest BCUT2D eigenvalue weighted by atomic mass is 9.91. The van der Waals surface area contributed by atoms with Crippen molar-refractivity contribution in [2.75, 3.05) is 6.54 Å². The second-order valence-corrected chi connectivity index (χ2v) is 8.86. The predicted octanol–water partition coefficient (Wildman–Crippen LogP) is 6.33. The maximum absolute atomic E-state index is 13.2. The molecule has 34 heavy (non-hydrogen) atoms. The van der Waals surface area contributed by atoms with Crippen molar-refractivity contribution in [2.45, 2.75) is 72.0 Å². The molecule has 0 saturated heterocycles. The van der Waals surface area contributed by atoms with E-state index in [1.54, 1.807) is 39.0 Å². The van der Waals surface area contributed by atoms with Crippen LogP contribution < -0.4 is 10.1 Å². The molecule has 0 fully saturated rings. The summed E-state index contributed by atoms with van der Waals surface area (Å²) in [5, 5.41) is 3.25. The highest BCUT2D eigenvalue weighted by Crippen LogP contribution is 2.36. The highest BCUT2D eigenvalue weighted by molar-refractivity contribution is 6.12. The zero-order valence-electron chi connectivity index (χ0n) is 20.3. The molecule has 1 aromatic heterocycles. The Bertz CT molecular complexity index is 1090. The third kappa shape index (κ3) is 7.34. The van der Waals surface area contributed by atoms with Gasteiger partial charge in [0.25, 0.3) is 0 Å². The number of carbonyl (C=O) groups excluding carboxylic acids is 2. The molecule has 0 aliphatic rings. The molecule has 0 saturated carbocycles. The van der Waals surface area contributed by atoms with Gasteiger partial charge in [0.15, 0.2) is 0 Å². The lowest BCUT2D eigenvalue weighted by Gasteiger charge is -2.22. The Hall–Kier alpha value is -3.34. The smallest absolute Gasteiger partial charge is 0.407 e. The SMILES string of the molecule is C#C/C(=C\CC)C(=O)c1cc2cc(OC(F)F)c(C(CC)CCNC(=O)OC(C)(C)C)cc2[nH]1. The summed E-state index contributed by atoms with van der Waals surface area (Å²) in [5.41, 5.74) is 1.05. The summed E-state index contributed by atoms with van der Waals surface area (Å²) in [7, 11) is 0. The van der Waals surface area contributed by atoms with E-state index >= 15 is 0 Å². The number of alkyl halides is 2. The number of nitrogens with one attached hydrogen (secondary N) is 2. The fourth-order valence-corrected chi connectivity index (χ4v) is 3.62. The summed E-state index contributed by atoms with van der Waals surface area (Å²) in [4.78, 5) is 27.7. The Balaban J connectivity index is 2.35. The van der Waals surface area contributed by atoms with E-state index in [9.17, 15) is 18.4 Å². The number of carbonyl (C=O) groups is 2. The number of hydrogen-bond donors (Lipinski definition) is 2. The van der Waals surface area contributed by atoms with Crippen LogP contribution in [0, 0.1) is 12.3 Å². The van der Waals surface area contributed by atoms with Gasteiger partial charge in [-0.25, -0.2) is 4.79 Å². The molecule has 8 heteroatoms. The molecular formula is C26H32F2N2O4. The van der Waals surface area contributed by atoms with Crippen molar-refractivity contribution < 1.29 is 27.8 Å². The normalized spacial score (nSPS) is 13.0. The van der Waals surface area contributed by atoms with Crippen molar-refractivity contribution in [2.24, 2.45) is 0 Å².